The van der Waals surface area contributed by atoms with Gasteiger partial charge in [0.15, 0.2) is 0 Å². The molecule has 6 rings (SSSR count). The van der Waals surface area contributed by atoms with Gasteiger partial charge < -0.3 is 5.32 Å². The van der Waals surface area contributed by atoms with E-state index in [0.29, 0.717) is 17.4 Å². The zero-order valence-electron chi connectivity index (χ0n) is 18.5. The molecule has 0 unspecified atom stereocenters. The van der Waals surface area contributed by atoms with Crippen molar-refractivity contribution in [2.45, 2.75) is 50.4 Å². The lowest BCUT2D eigenvalue weighted by Gasteiger charge is -2.62. The molecular weight excluding hydrogens is 400 g/mol. The molecule has 3 nitrogen and oxygen atoms in total. The van der Waals surface area contributed by atoms with Gasteiger partial charge in [-0.05, 0) is 65.8 Å². The van der Waals surface area contributed by atoms with Crippen LogP contribution in [0, 0.1) is 23.2 Å². The Morgan fingerprint density at radius 2 is 1.84 bits per heavy atom. The number of nitrogens with one attached hydrogen (secondary N) is 1. The van der Waals surface area contributed by atoms with E-state index in [0.717, 1.165) is 45.5 Å². The second kappa shape index (κ2) is 7.98. The number of aromatic nitrogens is 1. The van der Waals surface area contributed by atoms with Crippen molar-refractivity contribution >= 4 is 28.6 Å². The topological polar surface area (TPSA) is 42.0 Å². The van der Waals surface area contributed by atoms with Crippen molar-refractivity contribution in [2.24, 2.45) is 23.2 Å². The number of amides is 1. The number of fused-ring (bicyclic) bond motifs is 3. The minimum absolute atomic E-state index is 0.0614. The maximum absolute atomic E-state index is 12.8. The molecule has 3 aliphatic carbocycles. The van der Waals surface area contributed by atoms with Crippen LogP contribution in [0.5, 0.6) is 0 Å². The first-order valence-electron chi connectivity index (χ1n) is 11.3. The standard InChI is InChI=1S/C27H30N2OS/c1-17-22-14-21(27(22,2)3)15-24(17)29-26(30)20-10-8-18(9-11-20)16-31-25-13-12-19-6-4-5-7-23(19)28-25/h4-13,17,21-22,24H,14-16H2,1-3H3,(H,29,30)/t17-,21+,22-,24-/m1/s1. The summed E-state index contributed by atoms with van der Waals surface area (Å²) in [5.41, 5.74) is 3.42. The summed E-state index contributed by atoms with van der Waals surface area (Å²) in [5, 5.41) is 5.51. The van der Waals surface area contributed by atoms with Crippen LogP contribution in [0.2, 0.25) is 0 Å². The quantitative estimate of drug-likeness (QED) is 0.481. The molecule has 3 aromatic rings. The van der Waals surface area contributed by atoms with E-state index >= 15 is 0 Å². The number of rotatable bonds is 5. The SMILES string of the molecule is C[C@@H]1[C@H]2C[C@@H](C[C@H]1NC(=O)c1ccc(CSc3ccc4ccccc4n3)cc1)C2(C)C. The molecule has 1 aromatic heterocycles. The molecule has 3 fully saturated rings. The summed E-state index contributed by atoms with van der Waals surface area (Å²) in [4.78, 5) is 17.6. The third-order valence-corrected chi connectivity index (χ3v) is 8.85. The van der Waals surface area contributed by atoms with Crippen molar-refractivity contribution in [3.05, 3.63) is 71.8 Å². The summed E-state index contributed by atoms with van der Waals surface area (Å²) in [6.07, 6.45) is 2.45. The largest absolute Gasteiger partial charge is 0.349 e. The normalized spacial score (nSPS) is 26.3. The van der Waals surface area contributed by atoms with E-state index in [1.165, 1.54) is 12.0 Å². The molecule has 1 heterocycles. The van der Waals surface area contributed by atoms with Gasteiger partial charge in [0, 0.05) is 22.7 Å². The Labute approximate surface area is 189 Å². The maximum Gasteiger partial charge on any atom is 0.251 e. The molecule has 1 amide bonds. The number of para-hydroxylation sites is 1. The minimum atomic E-state index is 0.0614. The van der Waals surface area contributed by atoms with Crippen molar-refractivity contribution in [3.63, 3.8) is 0 Å². The minimum Gasteiger partial charge on any atom is -0.349 e. The lowest BCUT2D eigenvalue weighted by Crippen LogP contribution is -2.60. The number of carbonyl (C=O) groups is 1. The Morgan fingerprint density at radius 3 is 2.58 bits per heavy atom. The first-order valence-corrected chi connectivity index (χ1v) is 12.3. The van der Waals surface area contributed by atoms with Crippen molar-refractivity contribution in [2.75, 3.05) is 0 Å². The van der Waals surface area contributed by atoms with Gasteiger partial charge in [0.25, 0.3) is 5.91 Å². The molecule has 0 saturated heterocycles. The van der Waals surface area contributed by atoms with Crippen LogP contribution in [0.4, 0.5) is 0 Å². The van der Waals surface area contributed by atoms with E-state index in [4.69, 9.17) is 4.98 Å². The van der Waals surface area contributed by atoms with E-state index in [1.54, 1.807) is 11.8 Å². The summed E-state index contributed by atoms with van der Waals surface area (Å²) in [5.74, 6) is 2.94. The molecule has 1 N–H and O–H groups in total. The predicted molar refractivity (Wildman–Crippen MR) is 128 cm³/mol. The van der Waals surface area contributed by atoms with Crippen molar-refractivity contribution in [1.29, 1.82) is 0 Å². The Bertz CT molecular complexity index is 1110. The summed E-state index contributed by atoms with van der Waals surface area (Å²) >= 11 is 1.72. The molecule has 31 heavy (non-hydrogen) atoms. The van der Waals surface area contributed by atoms with Gasteiger partial charge >= 0.3 is 0 Å². The van der Waals surface area contributed by atoms with E-state index in [-0.39, 0.29) is 5.91 Å². The van der Waals surface area contributed by atoms with Crippen LogP contribution < -0.4 is 5.32 Å². The number of carbonyl (C=O) groups excluding carboxylic acids is 1. The predicted octanol–water partition coefficient (Wildman–Crippen LogP) is 6.33. The lowest BCUT2D eigenvalue weighted by molar-refractivity contribution is -0.113. The fraction of sp³-hybridized carbons (Fsp3) is 0.407. The summed E-state index contributed by atoms with van der Waals surface area (Å²) in [6.45, 7) is 7.10. The molecule has 3 aliphatic rings. The smallest absolute Gasteiger partial charge is 0.251 e. The maximum atomic E-state index is 12.8. The number of hydrogen-bond donors (Lipinski definition) is 1. The van der Waals surface area contributed by atoms with Gasteiger partial charge in [-0.25, -0.2) is 4.98 Å². The van der Waals surface area contributed by atoms with Crippen LogP contribution in [0.3, 0.4) is 0 Å². The van der Waals surface area contributed by atoms with Crippen LogP contribution in [0.25, 0.3) is 10.9 Å². The highest BCUT2D eigenvalue weighted by molar-refractivity contribution is 7.98. The Balaban J connectivity index is 1.18. The lowest BCUT2D eigenvalue weighted by atomic mass is 9.45. The number of thioether (sulfide) groups is 1. The highest BCUT2D eigenvalue weighted by Gasteiger charge is 2.56. The highest BCUT2D eigenvalue weighted by Crippen LogP contribution is 2.61. The third kappa shape index (κ3) is 3.87. The van der Waals surface area contributed by atoms with Crippen LogP contribution in [-0.2, 0) is 5.75 Å². The molecule has 0 spiro atoms. The Morgan fingerprint density at radius 1 is 1.06 bits per heavy atom. The molecule has 0 radical (unpaired) electrons. The van der Waals surface area contributed by atoms with Crippen molar-refractivity contribution in [3.8, 4) is 0 Å². The highest BCUT2D eigenvalue weighted by atomic mass is 32.2. The van der Waals surface area contributed by atoms with E-state index in [9.17, 15) is 4.79 Å². The van der Waals surface area contributed by atoms with Crippen molar-refractivity contribution in [1.82, 2.24) is 10.3 Å². The molecular formula is C27H30N2OS. The zero-order valence-corrected chi connectivity index (χ0v) is 19.3. The van der Waals surface area contributed by atoms with Gasteiger partial charge in [-0.2, -0.15) is 0 Å². The fourth-order valence-electron chi connectivity index (χ4n) is 5.63. The fourth-order valence-corrected chi connectivity index (χ4v) is 6.46. The van der Waals surface area contributed by atoms with Gasteiger partial charge in [0.05, 0.1) is 10.5 Å². The van der Waals surface area contributed by atoms with Gasteiger partial charge in [0.1, 0.15) is 0 Å². The average Bonchev–Trinajstić information content (AvgIpc) is 2.78. The second-order valence-electron chi connectivity index (χ2n) is 9.86. The zero-order chi connectivity index (χ0) is 21.6. The first kappa shape index (κ1) is 20.6. The second-order valence-corrected chi connectivity index (χ2v) is 10.9. The molecule has 3 saturated carbocycles. The Hall–Kier alpha value is -2.33. The number of nitrogens with zero attached hydrogens (tertiary/aromatic N) is 1. The monoisotopic (exact) mass is 430 g/mol. The molecule has 4 heteroatoms. The molecule has 160 valence electrons. The van der Waals surface area contributed by atoms with Crippen LogP contribution in [-0.4, -0.2) is 16.9 Å². The third-order valence-electron chi connectivity index (χ3n) is 7.85. The summed E-state index contributed by atoms with van der Waals surface area (Å²) in [6, 6.07) is 20.7. The number of hydrogen-bond acceptors (Lipinski definition) is 3. The summed E-state index contributed by atoms with van der Waals surface area (Å²) in [7, 11) is 0. The van der Waals surface area contributed by atoms with Crippen LogP contribution in [0.1, 0.15) is 49.5 Å². The molecule has 2 bridgehead atoms. The molecule has 4 atom stereocenters. The van der Waals surface area contributed by atoms with Crippen molar-refractivity contribution < 1.29 is 4.79 Å². The van der Waals surface area contributed by atoms with E-state index in [1.807, 2.05) is 30.3 Å². The first-order chi connectivity index (χ1) is 14.9. The van der Waals surface area contributed by atoms with Gasteiger partial charge in [-0.1, -0.05) is 57.2 Å². The molecule has 0 aliphatic heterocycles. The van der Waals surface area contributed by atoms with Crippen LogP contribution in [0.15, 0.2) is 65.7 Å². The van der Waals surface area contributed by atoms with E-state index in [2.05, 4.69) is 56.4 Å². The molecule has 2 aromatic carbocycles. The van der Waals surface area contributed by atoms with Gasteiger partial charge in [0.2, 0.25) is 0 Å². The number of benzene rings is 2. The Kier molecular flexibility index (Phi) is 5.29. The average molecular weight is 431 g/mol. The number of pyridine rings is 1. The van der Waals surface area contributed by atoms with Crippen LogP contribution >= 0.6 is 11.8 Å². The van der Waals surface area contributed by atoms with Gasteiger partial charge in [-0.3, -0.25) is 4.79 Å². The van der Waals surface area contributed by atoms with E-state index < -0.39 is 0 Å². The van der Waals surface area contributed by atoms with Gasteiger partial charge in [-0.15, -0.1) is 11.8 Å². The summed E-state index contributed by atoms with van der Waals surface area (Å²) < 4.78 is 0.